The van der Waals surface area contributed by atoms with Crippen LogP contribution in [0.2, 0.25) is 0 Å². The van der Waals surface area contributed by atoms with E-state index in [9.17, 15) is 0 Å². The number of nitrogens with two attached hydrogens (primary N) is 1. The lowest BCUT2D eigenvalue weighted by molar-refractivity contribution is 0.270. The molecule has 0 unspecified atom stereocenters. The third kappa shape index (κ3) is 1.69. The summed E-state index contributed by atoms with van der Waals surface area (Å²) in [4.78, 5) is 0. The van der Waals surface area contributed by atoms with Crippen molar-refractivity contribution < 1.29 is 13.8 Å². The average molecular weight is 231 g/mol. The molecular formula is C11H9N3O3. The van der Waals surface area contributed by atoms with Gasteiger partial charge in [-0.05, 0) is 34.6 Å². The number of benzene rings is 1. The molecule has 0 atom stereocenters. The van der Waals surface area contributed by atoms with Crippen LogP contribution in [-0.4, -0.2) is 10.3 Å². The molecule has 6 nitrogen and oxygen atoms in total. The first kappa shape index (κ1) is 9.71. The summed E-state index contributed by atoms with van der Waals surface area (Å²) < 4.78 is 15.4. The SMILES string of the molecule is Nc1ccc(OCc2ccco2)c2nonc12. The Bertz CT molecular complexity index is 631. The Morgan fingerprint density at radius 3 is 2.88 bits per heavy atom. The largest absolute Gasteiger partial charge is 0.483 e. The van der Waals surface area contributed by atoms with Crippen LogP contribution in [0.15, 0.2) is 39.6 Å². The number of nitrogen functional groups attached to an aromatic ring is 1. The highest BCUT2D eigenvalue weighted by molar-refractivity contribution is 5.90. The van der Waals surface area contributed by atoms with Gasteiger partial charge in [0.05, 0.1) is 12.0 Å². The zero-order valence-electron chi connectivity index (χ0n) is 8.79. The molecule has 0 fully saturated rings. The first-order valence-corrected chi connectivity index (χ1v) is 5.00. The topological polar surface area (TPSA) is 87.3 Å². The van der Waals surface area contributed by atoms with E-state index in [0.29, 0.717) is 29.1 Å². The van der Waals surface area contributed by atoms with Gasteiger partial charge in [-0.1, -0.05) is 0 Å². The number of fused-ring (bicyclic) bond motifs is 1. The van der Waals surface area contributed by atoms with Crippen LogP contribution in [0, 0.1) is 0 Å². The summed E-state index contributed by atoms with van der Waals surface area (Å²) >= 11 is 0. The molecular weight excluding hydrogens is 222 g/mol. The van der Waals surface area contributed by atoms with E-state index in [-0.39, 0.29) is 0 Å². The predicted molar refractivity (Wildman–Crippen MR) is 59.3 cm³/mol. The number of rotatable bonds is 3. The van der Waals surface area contributed by atoms with Gasteiger partial charge in [-0.15, -0.1) is 0 Å². The average Bonchev–Trinajstić information content (AvgIpc) is 2.99. The predicted octanol–water partition coefficient (Wildman–Crippen LogP) is 1.98. The van der Waals surface area contributed by atoms with Crippen LogP contribution < -0.4 is 10.5 Å². The summed E-state index contributed by atoms with van der Waals surface area (Å²) in [5.74, 6) is 1.29. The van der Waals surface area contributed by atoms with Gasteiger partial charge in [-0.25, -0.2) is 4.63 Å². The zero-order valence-corrected chi connectivity index (χ0v) is 8.79. The van der Waals surface area contributed by atoms with Gasteiger partial charge in [-0.3, -0.25) is 0 Å². The molecule has 2 aromatic heterocycles. The number of hydrogen-bond acceptors (Lipinski definition) is 6. The van der Waals surface area contributed by atoms with Gasteiger partial charge in [0.1, 0.15) is 12.4 Å². The van der Waals surface area contributed by atoms with Crippen LogP contribution in [0.3, 0.4) is 0 Å². The second-order valence-electron chi connectivity index (χ2n) is 3.48. The Morgan fingerprint density at radius 2 is 2.06 bits per heavy atom. The minimum Gasteiger partial charge on any atom is -0.483 e. The first-order valence-electron chi connectivity index (χ1n) is 5.00. The van der Waals surface area contributed by atoms with Gasteiger partial charge in [0.2, 0.25) is 0 Å². The Labute approximate surface area is 95.9 Å². The summed E-state index contributed by atoms with van der Waals surface area (Å²) in [6.07, 6.45) is 1.59. The van der Waals surface area contributed by atoms with Crippen molar-refractivity contribution in [2.24, 2.45) is 0 Å². The minimum absolute atomic E-state index is 0.318. The molecule has 2 heterocycles. The van der Waals surface area contributed by atoms with Crippen molar-refractivity contribution in [3.63, 3.8) is 0 Å². The van der Waals surface area contributed by atoms with Gasteiger partial charge in [0, 0.05) is 0 Å². The molecule has 3 aromatic rings. The lowest BCUT2D eigenvalue weighted by Gasteiger charge is -2.04. The van der Waals surface area contributed by atoms with Crippen LogP contribution in [0.5, 0.6) is 5.75 Å². The molecule has 0 aliphatic carbocycles. The monoisotopic (exact) mass is 231 g/mol. The Morgan fingerprint density at radius 1 is 1.18 bits per heavy atom. The Balaban J connectivity index is 1.90. The fraction of sp³-hybridized carbons (Fsp3) is 0.0909. The lowest BCUT2D eigenvalue weighted by atomic mass is 10.2. The van der Waals surface area contributed by atoms with Crippen molar-refractivity contribution in [2.75, 3.05) is 5.73 Å². The number of furan rings is 1. The normalized spacial score (nSPS) is 10.8. The van der Waals surface area contributed by atoms with E-state index in [1.54, 1.807) is 24.5 Å². The molecule has 17 heavy (non-hydrogen) atoms. The van der Waals surface area contributed by atoms with E-state index in [1.807, 2.05) is 6.07 Å². The van der Waals surface area contributed by atoms with Gasteiger partial charge < -0.3 is 14.9 Å². The highest BCUT2D eigenvalue weighted by Gasteiger charge is 2.11. The molecule has 0 amide bonds. The first-order chi connectivity index (χ1) is 8.34. The van der Waals surface area contributed by atoms with Crippen LogP contribution in [0.1, 0.15) is 5.76 Å². The van der Waals surface area contributed by atoms with Crippen molar-refractivity contribution in [3.8, 4) is 5.75 Å². The number of ether oxygens (including phenoxy) is 1. The number of hydrogen-bond donors (Lipinski definition) is 1. The molecule has 0 aliphatic rings. The Kier molecular flexibility index (Phi) is 2.18. The van der Waals surface area contributed by atoms with Gasteiger partial charge in [0.25, 0.3) is 0 Å². The highest BCUT2D eigenvalue weighted by atomic mass is 16.6. The maximum Gasteiger partial charge on any atom is 0.179 e. The Hall–Kier alpha value is -2.50. The van der Waals surface area contributed by atoms with Gasteiger partial charge in [-0.2, -0.15) is 0 Å². The molecule has 86 valence electrons. The van der Waals surface area contributed by atoms with E-state index in [2.05, 4.69) is 14.9 Å². The highest BCUT2D eigenvalue weighted by Crippen LogP contribution is 2.27. The van der Waals surface area contributed by atoms with Gasteiger partial charge >= 0.3 is 0 Å². The fourth-order valence-electron chi connectivity index (χ4n) is 1.52. The van der Waals surface area contributed by atoms with Crippen LogP contribution >= 0.6 is 0 Å². The van der Waals surface area contributed by atoms with E-state index < -0.39 is 0 Å². The third-order valence-electron chi connectivity index (χ3n) is 2.36. The quantitative estimate of drug-likeness (QED) is 0.693. The molecule has 2 N–H and O–H groups in total. The van der Waals surface area contributed by atoms with Crippen LogP contribution in [-0.2, 0) is 6.61 Å². The summed E-state index contributed by atoms with van der Waals surface area (Å²) in [7, 11) is 0. The minimum atomic E-state index is 0.318. The second kappa shape index (κ2) is 3.82. The molecule has 6 heteroatoms. The summed E-state index contributed by atoms with van der Waals surface area (Å²) in [5.41, 5.74) is 7.24. The summed E-state index contributed by atoms with van der Waals surface area (Å²) in [6, 6.07) is 7.05. The lowest BCUT2D eigenvalue weighted by Crippen LogP contribution is -1.95. The fourth-order valence-corrected chi connectivity index (χ4v) is 1.52. The maximum atomic E-state index is 5.72. The molecule has 3 rings (SSSR count). The number of anilines is 1. The van der Waals surface area contributed by atoms with E-state index in [4.69, 9.17) is 14.9 Å². The molecule has 0 radical (unpaired) electrons. The summed E-state index contributed by atoms with van der Waals surface area (Å²) in [6.45, 7) is 0.318. The number of aromatic nitrogens is 2. The number of nitrogens with zero attached hydrogens (tertiary/aromatic N) is 2. The molecule has 1 aromatic carbocycles. The zero-order chi connectivity index (χ0) is 11.7. The van der Waals surface area contributed by atoms with Crippen LogP contribution in [0.25, 0.3) is 11.0 Å². The van der Waals surface area contributed by atoms with Crippen molar-refractivity contribution in [1.29, 1.82) is 0 Å². The van der Waals surface area contributed by atoms with Gasteiger partial charge in [0.15, 0.2) is 16.8 Å². The standard InChI is InChI=1S/C11H9N3O3/c12-8-3-4-9(11-10(8)13-17-14-11)16-6-7-2-1-5-15-7/h1-5H,6,12H2. The maximum absolute atomic E-state index is 5.72. The summed E-state index contributed by atoms with van der Waals surface area (Å²) in [5, 5.41) is 7.47. The smallest absolute Gasteiger partial charge is 0.179 e. The molecule has 0 aliphatic heterocycles. The molecule has 0 saturated heterocycles. The van der Waals surface area contributed by atoms with E-state index in [1.165, 1.54) is 0 Å². The molecule has 0 bridgehead atoms. The molecule has 0 saturated carbocycles. The van der Waals surface area contributed by atoms with Crippen molar-refractivity contribution in [3.05, 3.63) is 36.3 Å². The van der Waals surface area contributed by atoms with Crippen LogP contribution in [0.4, 0.5) is 5.69 Å². The van der Waals surface area contributed by atoms with E-state index >= 15 is 0 Å². The van der Waals surface area contributed by atoms with E-state index in [0.717, 1.165) is 5.76 Å². The van der Waals surface area contributed by atoms with Crippen molar-refractivity contribution in [1.82, 2.24) is 10.3 Å². The van der Waals surface area contributed by atoms with Crippen molar-refractivity contribution >= 4 is 16.7 Å². The van der Waals surface area contributed by atoms with Crippen molar-refractivity contribution in [2.45, 2.75) is 6.61 Å². The third-order valence-corrected chi connectivity index (χ3v) is 2.36. The molecule has 0 spiro atoms. The second-order valence-corrected chi connectivity index (χ2v) is 3.48.